The van der Waals surface area contributed by atoms with Gasteiger partial charge in [0.05, 0.1) is 6.61 Å². The molecular formula is C8H17ClO. The summed E-state index contributed by atoms with van der Waals surface area (Å²) in [6, 6.07) is 0. The van der Waals surface area contributed by atoms with Gasteiger partial charge in [0.15, 0.2) is 0 Å². The van der Waals surface area contributed by atoms with Gasteiger partial charge < -0.3 is 4.74 Å². The van der Waals surface area contributed by atoms with Gasteiger partial charge in [0, 0.05) is 12.5 Å². The molecule has 1 nitrogen and oxygen atoms in total. The molecule has 10 heavy (non-hydrogen) atoms. The molecule has 0 heterocycles. The van der Waals surface area contributed by atoms with E-state index in [1.54, 1.807) is 7.11 Å². The number of methoxy groups -OCH3 is 1. The molecule has 2 heteroatoms. The molecule has 0 aromatic carbocycles. The minimum Gasteiger partial charge on any atom is -0.384 e. The average molecular weight is 165 g/mol. The molecule has 0 saturated heterocycles. The highest BCUT2D eigenvalue weighted by Crippen LogP contribution is 2.18. The maximum absolute atomic E-state index is 6.06. The quantitative estimate of drug-likeness (QED) is 0.581. The van der Waals surface area contributed by atoms with Crippen molar-refractivity contribution in [3.05, 3.63) is 0 Å². The van der Waals surface area contributed by atoms with Gasteiger partial charge >= 0.3 is 0 Å². The molecule has 0 radical (unpaired) electrons. The third-order valence-electron chi connectivity index (χ3n) is 1.61. The van der Waals surface area contributed by atoms with E-state index < -0.39 is 0 Å². The third kappa shape index (κ3) is 3.43. The summed E-state index contributed by atoms with van der Waals surface area (Å²) in [6.45, 7) is 7.13. The highest BCUT2D eigenvalue weighted by molar-refractivity contribution is 6.20. The van der Waals surface area contributed by atoms with E-state index >= 15 is 0 Å². The Morgan fingerprint density at radius 3 is 2.10 bits per heavy atom. The van der Waals surface area contributed by atoms with Gasteiger partial charge in [-0.25, -0.2) is 0 Å². The predicted octanol–water partition coefficient (Wildman–Crippen LogP) is 2.53. The van der Waals surface area contributed by atoms with E-state index in [1.165, 1.54) is 0 Å². The van der Waals surface area contributed by atoms with E-state index in [0.717, 1.165) is 6.61 Å². The first-order chi connectivity index (χ1) is 4.59. The standard InChI is InChI=1S/C8H17ClO/c1-6(2)8(9)7(3)5-10-4/h6-8H,5H2,1-4H3. The fourth-order valence-corrected chi connectivity index (χ4v) is 1.08. The summed E-state index contributed by atoms with van der Waals surface area (Å²) >= 11 is 6.06. The Morgan fingerprint density at radius 2 is 1.80 bits per heavy atom. The highest BCUT2D eigenvalue weighted by Gasteiger charge is 2.17. The second-order valence-electron chi connectivity index (χ2n) is 3.12. The number of ether oxygens (including phenoxy) is 1. The van der Waals surface area contributed by atoms with Crippen LogP contribution in [0.5, 0.6) is 0 Å². The molecule has 0 aliphatic carbocycles. The van der Waals surface area contributed by atoms with E-state index in [1.807, 2.05) is 0 Å². The summed E-state index contributed by atoms with van der Waals surface area (Å²) in [5.74, 6) is 0.985. The van der Waals surface area contributed by atoms with Crippen LogP contribution >= 0.6 is 11.6 Å². The molecule has 0 bridgehead atoms. The van der Waals surface area contributed by atoms with Crippen LogP contribution in [0.4, 0.5) is 0 Å². The molecule has 0 aliphatic rings. The van der Waals surface area contributed by atoms with Crippen LogP contribution in [0.25, 0.3) is 0 Å². The number of hydrogen-bond donors (Lipinski definition) is 0. The first-order valence-electron chi connectivity index (χ1n) is 3.72. The molecule has 2 atom stereocenters. The second-order valence-corrected chi connectivity index (χ2v) is 3.63. The first kappa shape index (κ1) is 10.2. The molecular weight excluding hydrogens is 148 g/mol. The van der Waals surface area contributed by atoms with E-state index in [2.05, 4.69) is 20.8 Å². The maximum Gasteiger partial charge on any atom is 0.0502 e. The van der Waals surface area contributed by atoms with Crippen molar-refractivity contribution in [3.63, 3.8) is 0 Å². The normalized spacial score (nSPS) is 17.4. The third-order valence-corrected chi connectivity index (χ3v) is 2.54. The van der Waals surface area contributed by atoms with Crippen LogP contribution in [0.1, 0.15) is 20.8 Å². The van der Waals surface area contributed by atoms with Gasteiger partial charge in [-0.3, -0.25) is 0 Å². The van der Waals surface area contributed by atoms with Crippen LogP contribution in [-0.4, -0.2) is 19.1 Å². The van der Waals surface area contributed by atoms with E-state index in [4.69, 9.17) is 16.3 Å². The van der Waals surface area contributed by atoms with Crippen molar-refractivity contribution in [2.75, 3.05) is 13.7 Å². The molecule has 0 aromatic heterocycles. The zero-order chi connectivity index (χ0) is 8.15. The zero-order valence-corrected chi connectivity index (χ0v) is 7.98. The molecule has 0 saturated carbocycles. The summed E-state index contributed by atoms with van der Waals surface area (Å²) in [7, 11) is 1.71. The Bertz CT molecular complexity index is 83.3. The molecule has 0 aromatic rings. The van der Waals surface area contributed by atoms with Crippen molar-refractivity contribution in [2.45, 2.75) is 26.1 Å². The van der Waals surface area contributed by atoms with Crippen molar-refractivity contribution in [1.29, 1.82) is 0 Å². The number of hydrogen-bond acceptors (Lipinski definition) is 1. The van der Waals surface area contributed by atoms with Crippen molar-refractivity contribution in [3.8, 4) is 0 Å². The van der Waals surface area contributed by atoms with Crippen LogP contribution < -0.4 is 0 Å². The SMILES string of the molecule is COCC(C)C(Cl)C(C)C. The average Bonchev–Trinajstić information content (AvgIpc) is 1.87. The minimum atomic E-state index is 0.236. The van der Waals surface area contributed by atoms with Crippen LogP contribution in [0.2, 0.25) is 0 Å². The van der Waals surface area contributed by atoms with E-state index in [9.17, 15) is 0 Å². The van der Waals surface area contributed by atoms with Gasteiger partial charge in [-0.1, -0.05) is 20.8 Å². The molecule has 0 aliphatic heterocycles. The van der Waals surface area contributed by atoms with Gasteiger partial charge in [0.2, 0.25) is 0 Å². The number of halogens is 1. The second kappa shape index (κ2) is 4.97. The minimum absolute atomic E-state index is 0.236. The topological polar surface area (TPSA) is 9.23 Å². The van der Waals surface area contributed by atoms with Gasteiger partial charge in [-0.2, -0.15) is 0 Å². The van der Waals surface area contributed by atoms with Gasteiger partial charge in [-0.05, 0) is 11.8 Å². The van der Waals surface area contributed by atoms with Crippen molar-refractivity contribution in [2.24, 2.45) is 11.8 Å². The monoisotopic (exact) mass is 164 g/mol. The lowest BCUT2D eigenvalue weighted by Crippen LogP contribution is -2.21. The summed E-state index contributed by atoms with van der Waals surface area (Å²) in [5, 5.41) is 0.236. The Kier molecular flexibility index (Phi) is 5.10. The van der Waals surface area contributed by atoms with E-state index in [0.29, 0.717) is 11.8 Å². The van der Waals surface area contributed by atoms with Gasteiger partial charge in [-0.15, -0.1) is 11.6 Å². The molecule has 0 amide bonds. The fraction of sp³-hybridized carbons (Fsp3) is 1.00. The van der Waals surface area contributed by atoms with Crippen LogP contribution in [0.3, 0.4) is 0 Å². The maximum atomic E-state index is 6.06. The fourth-order valence-electron chi connectivity index (χ4n) is 1.01. The lowest BCUT2D eigenvalue weighted by molar-refractivity contribution is 0.151. The Labute approximate surface area is 68.7 Å². The van der Waals surface area contributed by atoms with Crippen LogP contribution in [0, 0.1) is 11.8 Å². The van der Waals surface area contributed by atoms with Crippen molar-refractivity contribution < 1.29 is 4.74 Å². The zero-order valence-electron chi connectivity index (χ0n) is 7.23. The largest absolute Gasteiger partial charge is 0.384 e. The predicted molar refractivity (Wildman–Crippen MR) is 45.5 cm³/mol. The number of alkyl halides is 1. The van der Waals surface area contributed by atoms with Gasteiger partial charge in [0.25, 0.3) is 0 Å². The molecule has 62 valence electrons. The van der Waals surface area contributed by atoms with Crippen molar-refractivity contribution >= 4 is 11.6 Å². The molecule has 0 rings (SSSR count). The van der Waals surface area contributed by atoms with Crippen LogP contribution in [-0.2, 0) is 4.74 Å². The summed E-state index contributed by atoms with van der Waals surface area (Å²) in [4.78, 5) is 0. The smallest absolute Gasteiger partial charge is 0.0502 e. The Morgan fingerprint density at radius 1 is 1.30 bits per heavy atom. The highest BCUT2D eigenvalue weighted by atomic mass is 35.5. The summed E-state index contributed by atoms with van der Waals surface area (Å²) < 4.78 is 4.99. The molecule has 0 spiro atoms. The van der Waals surface area contributed by atoms with Gasteiger partial charge in [0.1, 0.15) is 0 Å². The lowest BCUT2D eigenvalue weighted by Gasteiger charge is -2.19. The summed E-state index contributed by atoms with van der Waals surface area (Å²) in [5.41, 5.74) is 0. The summed E-state index contributed by atoms with van der Waals surface area (Å²) in [6.07, 6.45) is 0. The lowest BCUT2D eigenvalue weighted by atomic mass is 9.99. The Hall–Kier alpha value is 0.250. The first-order valence-corrected chi connectivity index (χ1v) is 4.16. The van der Waals surface area contributed by atoms with E-state index in [-0.39, 0.29) is 5.38 Å². The molecule has 0 fully saturated rings. The molecule has 0 N–H and O–H groups in total. The van der Waals surface area contributed by atoms with Crippen molar-refractivity contribution in [1.82, 2.24) is 0 Å². The van der Waals surface area contributed by atoms with Crippen LogP contribution in [0.15, 0.2) is 0 Å². The number of rotatable bonds is 4. The Balaban J connectivity index is 3.58. The molecule has 2 unspecified atom stereocenters.